The van der Waals surface area contributed by atoms with Gasteiger partial charge in [0.25, 0.3) is 0 Å². The van der Waals surface area contributed by atoms with Gasteiger partial charge in [0.15, 0.2) is 0 Å². The monoisotopic (exact) mass is 236 g/mol. The summed E-state index contributed by atoms with van der Waals surface area (Å²) in [6.07, 6.45) is 1.27. The van der Waals surface area contributed by atoms with E-state index in [0.29, 0.717) is 0 Å². The summed E-state index contributed by atoms with van der Waals surface area (Å²) in [6.45, 7) is 6.11. The fraction of sp³-hybridized carbons (Fsp3) is 0.571. The summed E-state index contributed by atoms with van der Waals surface area (Å²) in [6, 6.07) is 5.39. The first-order valence-corrected chi connectivity index (χ1v) is 6.29. The van der Waals surface area contributed by atoms with Crippen molar-refractivity contribution in [3.8, 4) is 0 Å². The molecule has 0 spiro atoms. The van der Waals surface area contributed by atoms with Gasteiger partial charge in [-0.1, -0.05) is 12.1 Å². The molecule has 1 aromatic rings. The van der Waals surface area contributed by atoms with E-state index in [9.17, 15) is 4.39 Å². The van der Waals surface area contributed by atoms with Gasteiger partial charge in [-0.25, -0.2) is 4.39 Å². The third-order valence-corrected chi connectivity index (χ3v) is 3.41. The van der Waals surface area contributed by atoms with Crippen LogP contribution in [0.4, 0.5) is 4.39 Å². The van der Waals surface area contributed by atoms with Gasteiger partial charge in [0.05, 0.1) is 0 Å². The third kappa shape index (κ3) is 3.51. The van der Waals surface area contributed by atoms with Crippen molar-refractivity contribution in [1.82, 2.24) is 10.2 Å². The maximum Gasteiger partial charge on any atom is 0.126 e. The topological polar surface area (TPSA) is 15.3 Å². The van der Waals surface area contributed by atoms with Crippen LogP contribution < -0.4 is 5.32 Å². The van der Waals surface area contributed by atoms with Gasteiger partial charge < -0.3 is 10.2 Å². The lowest BCUT2D eigenvalue weighted by Crippen LogP contribution is -2.26. The summed E-state index contributed by atoms with van der Waals surface area (Å²) in [4.78, 5) is 2.32. The molecule has 1 atom stereocenters. The maximum absolute atomic E-state index is 13.1. The molecule has 1 aliphatic heterocycles. The third-order valence-electron chi connectivity index (χ3n) is 3.41. The van der Waals surface area contributed by atoms with E-state index in [-0.39, 0.29) is 5.82 Å². The second-order valence-corrected chi connectivity index (χ2v) is 5.14. The minimum Gasteiger partial charge on any atom is -0.316 e. The predicted molar refractivity (Wildman–Crippen MR) is 68.4 cm³/mol. The Bertz CT molecular complexity index is 372. The Balaban J connectivity index is 1.88. The molecule has 0 bridgehead atoms. The van der Waals surface area contributed by atoms with E-state index in [0.717, 1.165) is 37.7 Å². The normalized spacial score (nSPS) is 20.1. The van der Waals surface area contributed by atoms with Crippen LogP contribution in [-0.2, 0) is 6.54 Å². The highest BCUT2D eigenvalue weighted by molar-refractivity contribution is 5.23. The van der Waals surface area contributed by atoms with Crippen LogP contribution in [0.5, 0.6) is 0 Å². The minimum atomic E-state index is -0.114. The van der Waals surface area contributed by atoms with Crippen molar-refractivity contribution >= 4 is 0 Å². The van der Waals surface area contributed by atoms with E-state index in [1.165, 1.54) is 12.0 Å². The fourth-order valence-corrected chi connectivity index (χ4v) is 2.49. The quantitative estimate of drug-likeness (QED) is 0.862. The van der Waals surface area contributed by atoms with Gasteiger partial charge in [0.1, 0.15) is 5.82 Å². The van der Waals surface area contributed by atoms with Crippen LogP contribution in [0.15, 0.2) is 18.2 Å². The average Bonchev–Trinajstić information content (AvgIpc) is 2.76. The first kappa shape index (κ1) is 12.5. The zero-order valence-electron chi connectivity index (χ0n) is 10.7. The number of hydrogen-bond donors (Lipinski definition) is 1. The van der Waals surface area contributed by atoms with E-state index in [1.54, 1.807) is 6.07 Å². The van der Waals surface area contributed by atoms with Crippen LogP contribution >= 0.6 is 0 Å². The second-order valence-electron chi connectivity index (χ2n) is 5.14. The van der Waals surface area contributed by atoms with E-state index in [4.69, 9.17) is 0 Å². The van der Waals surface area contributed by atoms with Gasteiger partial charge in [-0.05, 0) is 56.6 Å². The standard InChI is InChI=1S/C14H21FN2/c1-11-7-12(3-4-14(11)15)9-17(2)10-13-5-6-16-8-13/h3-4,7,13,16H,5-6,8-10H2,1-2H3. The smallest absolute Gasteiger partial charge is 0.126 e. The molecule has 0 amide bonds. The molecule has 1 aliphatic rings. The van der Waals surface area contributed by atoms with Crippen molar-refractivity contribution in [2.24, 2.45) is 5.92 Å². The minimum absolute atomic E-state index is 0.114. The number of nitrogens with one attached hydrogen (secondary N) is 1. The molecule has 1 unspecified atom stereocenters. The first-order valence-electron chi connectivity index (χ1n) is 6.29. The van der Waals surface area contributed by atoms with Gasteiger partial charge in [0, 0.05) is 13.1 Å². The van der Waals surface area contributed by atoms with Crippen LogP contribution in [-0.4, -0.2) is 31.6 Å². The summed E-state index contributed by atoms with van der Waals surface area (Å²) < 4.78 is 13.1. The molecule has 17 heavy (non-hydrogen) atoms. The highest BCUT2D eigenvalue weighted by atomic mass is 19.1. The number of halogens is 1. The van der Waals surface area contributed by atoms with Crippen molar-refractivity contribution in [3.63, 3.8) is 0 Å². The summed E-state index contributed by atoms with van der Waals surface area (Å²) in [5.41, 5.74) is 1.93. The Morgan fingerprint density at radius 2 is 2.29 bits per heavy atom. The Labute approximate surface area is 103 Å². The number of hydrogen-bond acceptors (Lipinski definition) is 2. The lowest BCUT2D eigenvalue weighted by atomic mass is 10.1. The largest absolute Gasteiger partial charge is 0.316 e. The van der Waals surface area contributed by atoms with E-state index >= 15 is 0 Å². The Morgan fingerprint density at radius 3 is 2.94 bits per heavy atom. The van der Waals surface area contributed by atoms with Crippen molar-refractivity contribution < 1.29 is 4.39 Å². The number of benzene rings is 1. The van der Waals surface area contributed by atoms with Crippen molar-refractivity contribution in [2.75, 3.05) is 26.7 Å². The zero-order chi connectivity index (χ0) is 12.3. The lowest BCUT2D eigenvalue weighted by molar-refractivity contribution is 0.278. The molecule has 0 saturated carbocycles. The summed E-state index contributed by atoms with van der Waals surface area (Å²) in [7, 11) is 2.14. The Kier molecular flexibility index (Phi) is 4.13. The van der Waals surface area contributed by atoms with Crippen LogP contribution in [0.3, 0.4) is 0 Å². The maximum atomic E-state index is 13.1. The van der Waals surface area contributed by atoms with E-state index in [2.05, 4.69) is 17.3 Å². The number of aryl methyl sites for hydroxylation is 1. The van der Waals surface area contributed by atoms with Gasteiger partial charge in [-0.3, -0.25) is 0 Å². The lowest BCUT2D eigenvalue weighted by Gasteiger charge is -2.20. The van der Waals surface area contributed by atoms with E-state index < -0.39 is 0 Å². The predicted octanol–water partition coefficient (Wildman–Crippen LogP) is 2.18. The Hall–Kier alpha value is -0.930. The van der Waals surface area contributed by atoms with Crippen LogP contribution in [0, 0.1) is 18.7 Å². The molecule has 0 radical (unpaired) electrons. The molecule has 0 aromatic heterocycles. The number of nitrogens with zero attached hydrogens (tertiary/aromatic N) is 1. The summed E-state index contributed by atoms with van der Waals surface area (Å²) in [5, 5.41) is 3.38. The van der Waals surface area contributed by atoms with Crippen molar-refractivity contribution in [1.29, 1.82) is 0 Å². The van der Waals surface area contributed by atoms with Crippen LogP contribution in [0.25, 0.3) is 0 Å². The molecule has 3 heteroatoms. The molecule has 2 rings (SSSR count). The highest BCUT2D eigenvalue weighted by Crippen LogP contribution is 2.13. The van der Waals surface area contributed by atoms with Crippen LogP contribution in [0.1, 0.15) is 17.5 Å². The molecule has 1 saturated heterocycles. The molecular formula is C14H21FN2. The number of rotatable bonds is 4. The zero-order valence-corrected chi connectivity index (χ0v) is 10.7. The molecule has 1 fully saturated rings. The van der Waals surface area contributed by atoms with Gasteiger partial charge in [-0.15, -0.1) is 0 Å². The average molecular weight is 236 g/mol. The van der Waals surface area contributed by atoms with Crippen LogP contribution in [0.2, 0.25) is 0 Å². The molecule has 1 N–H and O–H groups in total. The summed E-state index contributed by atoms with van der Waals surface area (Å²) in [5.74, 6) is 0.651. The molecule has 1 aromatic carbocycles. The van der Waals surface area contributed by atoms with E-state index in [1.807, 2.05) is 19.1 Å². The first-order chi connectivity index (χ1) is 8.15. The molecule has 94 valence electrons. The van der Waals surface area contributed by atoms with Gasteiger partial charge >= 0.3 is 0 Å². The fourth-order valence-electron chi connectivity index (χ4n) is 2.49. The molecule has 0 aliphatic carbocycles. The Morgan fingerprint density at radius 1 is 1.47 bits per heavy atom. The van der Waals surface area contributed by atoms with Crippen molar-refractivity contribution in [2.45, 2.75) is 19.9 Å². The molecule has 1 heterocycles. The SMILES string of the molecule is Cc1cc(CN(C)CC2CCNC2)ccc1F. The van der Waals surface area contributed by atoms with Crippen molar-refractivity contribution in [3.05, 3.63) is 35.1 Å². The molecule has 2 nitrogen and oxygen atoms in total. The van der Waals surface area contributed by atoms with Gasteiger partial charge in [0.2, 0.25) is 0 Å². The van der Waals surface area contributed by atoms with Gasteiger partial charge in [-0.2, -0.15) is 0 Å². The highest BCUT2D eigenvalue weighted by Gasteiger charge is 2.16. The summed E-state index contributed by atoms with van der Waals surface area (Å²) >= 11 is 0. The molecular weight excluding hydrogens is 215 g/mol. The second kappa shape index (κ2) is 5.61.